The summed E-state index contributed by atoms with van der Waals surface area (Å²) in [6.07, 6.45) is 3.65. The average molecular weight is 321 g/mol. The summed E-state index contributed by atoms with van der Waals surface area (Å²) in [6, 6.07) is 5.61. The topological polar surface area (TPSA) is 40.6 Å². The van der Waals surface area contributed by atoms with Crippen LogP contribution in [0, 0.1) is 12.8 Å². The Labute approximate surface area is 136 Å². The molecule has 2 aliphatic rings. The quantitative estimate of drug-likeness (QED) is 0.840. The molecule has 1 aromatic rings. The van der Waals surface area contributed by atoms with Gasteiger partial charge in [-0.25, -0.2) is 0 Å². The van der Waals surface area contributed by atoms with Crippen LogP contribution in [0.15, 0.2) is 18.2 Å². The van der Waals surface area contributed by atoms with Crippen molar-refractivity contribution in [1.82, 2.24) is 4.90 Å². The van der Waals surface area contributed by atoms with E-state index in [1.165, 1.54) is 6.42 Å². The standard InChI is InChI=1S/C17H21ClN2O2/c1-12-5-6-14(10-15(12)18)20-11-13(9-16(20)21)17(22)19-7-3-2-4-8-19/h5-6,10,13H,2-4,7-9,11H2,1H3. The molecular formula is C17H21ClN2O2. The Bertz CT molecular complexity index is 596. The molecule has 0 aliphatic carbocycles. The number of aryl methyl sites for hydroxylation is 1. The summed E-state index contributed by atoms with van der Waals surface area (Å²) in [6.45, 7) is 4.06. The van der Waals surface area contributed by atoms with Gasteiger partial charge < -0.3 is 9.80 Å². The SMILES string of the molecule is Cc1ccc(N2CC(C(=O)N3CCCCC3)CC2=O)cc1Cl. The molecular weight excluding hydrogens is 300 g/mol. The molecule has 118 valence electrons. The molecule has 2 saturated heterocycles. The highest BCUT2D eigenvalue weighted by Crippen LogP contribution is 2.30. The number of hydrogen-bond acceptors (Lipinski definition) is 2. The third-order valence-electron chi connectivity index (χ3n) is 4.61. The van der Waals surface area contributed by atoms with Gasteiger partial charge in [-0.05, 0) is 43.9 Å². The molecule has 0 spiro atoms. The number of likely N-dealkylation sites (tertiary alicyclic amines) is 1. The van der Waals surface area contributed by atoms with Gasteiger partial charge in [0.15, 0.2) is 0 Å². The maximum absolute atomic E-state index is 12.6. The van der Waals surface area contributed by atoms with Gasteiger partial charge in [0.05, 0.1) is 5.92 Å². The maximum Gasteiger partial charge on any atom is 0.228 e. The fraction of sp³-hybridized carbons (Fsp3) is 0.529. The number of carbonyl (C=O) groups excluding carboxylic acids is 2. The number of halogens is 1. The van der Waals surface area contributed by atoms with Crippen molar-refractivity contribution in [2.75, 3.05) is 24.5 Å². The van der Waals surface area contributed by atoms with E-state index in [1.807, 2.05) is 30.0 Å². The molecule has 1 atom stereocenters. The molecule has 5 heteroatoms. The van der Waals surface area contributed by atoms with Crippen molar-refractivity contribution in [3.05, 3.63) is 28.8 Å². The van der Waals surface area contributed by atoms with Gasteiger partial charge in [-0.3, -0.25) is 9.59 Å². The van der Waals surface area contributed by atoms with Crippen molar-refractivity contribution in [1.29, 1.82) is 0 Å². The summed E-state index contributed by atoms with van der Waals surface area (Å²) >= 11 is 6.15. The predicted octanol–water partition coefficient (Wildman–Crippen LogP) is 3.01. The zero-order chi connectivity index (χ0) is 15.7. The molecule has 0 radical (unpaired) electrons. The first-order valence-corrected chi connectivity index (χ1v) is 8.29. The van der Waals surface area contributed by atoms with Gasteiger partial charge in [0.25, 0.3) is 0 Å². The summed E-state index contributed by atoms with van der Waals surface area (Å²) in [7, 11) is 0. The first-order chi connectivity index (χ1) is 10.6. The lowest BCUT2D eigenvalue weighted by atomic mass is 10.0. The summed E-state index contributed by atoms with van der Waals surface area (Å²) in [4.78, 5) is 28.5. The molecule has 0 aromatic heterocycles. The number of carbonyl (C=O) groups is 2. The summed E-state index contributed by atoms with van der Waals surface area (Å²) < 4.78 is 0. The van der Waals surface area contributed by atoms with Crippen molar-refractivity contribution in [3.8, 4) is 0 Å². The normalized spacial score (nSPS) is 22.3. The molecule has 0 N–H and O–H groups in total. The molecule has 2 fully saturated rings. The monoisotopic (exact) mass is 320 g/mol. The van der Waals surface area contributed by atoms with Crippen LogP contribution < -0.4 is 4.90 Å². The Balaban J connectivity index is 1.72. The highest BCUT2D eigenvalue weighted by molar-refractivity contribution is 6.31. The zero-order valence-electron chi connectivity index (χ0n) is 12.8. The first kappa shape index (κ1) is 15.3. The minimum absolute atomic E-state index is 0.00952. The summed E-state index contributed by atoms with van der Waals surface area (Å²) in [5.41, 5.74) is 1.77. The van der Waals surface area contributed by atoms with E-state index in [9.17, 15) is 9.59 Å². The van der Waals surface area contributed by atoms with Gasteiger partial charge in [0.2, 0.25) is 11.8 Å². The summed E-state index contributed by atoms with van der Waals surface area (Å²) in [5.74, 6) is -0.0743. The lowest BCUT2D eigenvalue weighted by Crippen LogP contribution is -2.40. The molecule has 0 saturated carbocycles. The van der Waals surface area contributed by atoms with E-state index in [2.05, 4.69) is 0 Å². The Morgan fingerprint density at radius 3 is 2.64 bits per heavy atom. The van der Waals surface area contributed by atoms with Gasteiger partial charge in [0, 0.05) is 36.8 Å². The molecule has 2 heterocycles. The molecule has 22 heavy (non-hydrogen) atoms. The Morgan fingerprint density at radius 2 is 1.95 bits per heavy atom. The molecule has 0 bridgehead atoms. The Kier molecular flexibility index (Phi) is 4.39. The predicted molar refractivity (Wildman–Crippen MR) is 87.1 cm³/mol. The van der Waals surface area contributed by atoms with Crippen molar-refractivity contribution >= 4 is 29.1 Å². The van der Waals surface area contributed by atoms with Crippen LogP contribution in [0.1, 0.15) is 31.2 Å². The number of anilines is 1. The lowest BCUT2D eigenvalue weighted by Gasteiger charge is -2.29. The molecule has 1 aromatic carbocycles. The molecule has 2 aliphatic heterocycles. The number of piperidine rings is 1. The van der Waals surface area contributed by atoms with Gasteiger partial charge in [-0.2, -0.15) is 0 Å². The van der Waals surface area contributed by atoms with E-state index in [4.69, 9.17) is 11.6 Å². The highest BCUT2D eigenvalue weighted by Gasteiger charge is 2.37. The Hall–Kier alpha value is -1.55. The van der Waals surface area contributed by atoms with E-state index in [0.717, 1.165) is 37.2 Å². The number of amides is 2. The summed E-state index contributed by atoms with van der Waals surface area (Å²) in [5, 5.41) is 0.649. The van der Waals surface area contributed by atoms with Crippen LogP contribution in [-0.4, -0.2) is 36.3 Å². The smallest absolute Gasteiger partial charge is 0.228 e. The first-order valence-electron chi connectivity index (χ1n) is 7.91. The van der Waals surface area contributed by atoms with Crippen LogP contribution in [0.5, 0.6) is 0 Å². The minimum atomic E-state index is -0.217. The van der Waals surface area contributed by atoms with Gasteiger partial charge >= 0.3 is 0 Å². The lowest BCUT2D eigenvalue weighted by molar-refractivity contribution is -0.136. The number of benzene rings is 1. The van der Waals surface area contributed by atoms with Crippen LogP contribution in [-0.2, 0) is 9.59 Å². The van der Waals surface area contributed by atoms with E-state index in [1.54, 1.807) is 4.90 Å². The highest BCUT2D eigenvalue weighted by atomic mass is 35.5. The second-order valence-electron chi connectivity index (χ2n) is 6.22. The van der Waals surface area contributed by atoms with Crippen molar-refractivity contribution in [3.63, 3.8) is 0 Å². The van der Waals surface area contributed by atoms with E-state index < -0.39 is 0 Å². The Morgan fingerprint density at radius 1 is 1.23 bits per heavy atom. The van der Waals surface area contributed by atoms with Crippen molar-refractivity contribution in [2.45, 2.75) is 32.6 Å². The third kappa shape index (κ3) is 2.98. The van der Waals surface area contributed by atoms with Crippen LogP contribution in [0.3, 0.4) is 0 Å². The number of nitrogens with zero attached hydrogens (tertiary/aromatic N) is 2. The van der Waals surface area contributed by atoms with E-state index in [0.29, 0.717) is 18.0 Å². The van der Waals surface area contributed by atoms with Crippen LogP contribution in [0.2, 0.25) is 5.02 Å². The van der Waals surface area contributed by atoms with Crippen LogP contribution in [0.25, 0.3) is 0 Å². The minimum Gasteiger partial charge on any atom is -0.342 e. The average Bonchev–Trinajstić information content (AvgIpc) is 2.92. The number of hydrogen-bond donors (Lipinski definition) is 0. The van der Waals surface area contributed by atoms with E-state index >= 15 is 0 Å². The number of rotatable bonds is 2. The molecule has 1 unspecified atom stereocenters. The zero-order valence-corrected chi connectivity index (χ0v) is 13.6. The second kappa shape index (κ2) is 6.29. The second-order valence-corrected chi connectivity index (χ2v) is 6.63. The van der Waals surface area contributed by atoms with Crippen LogP contribution in [0.4, 0.5) is 5.69 Å². The molecule has 4 nitrogen and oxygen atoms in total. The molecule has 2 amide bonds. The van der Waals surface area contributed by atoms with Crippen molar-refractivity contribution in [2.24, 2.45) is 5.92 Å². The van der Waals surface area contributed by atoms with Crippen LogP contribution >= 0.6 is 11.6 Å². The fourth-order valence-corrected chi connectivity index (χ4v) is 3.42. The van der Waals surface area contributed by atoms with E-state index in [-0.39, 0.29) is 17.7 Å². The molecule has 3 rings (SSSR count). The maximum atomic E-state index is 12.6. The third-order valence-corrected chi connectivity index (χ3v) is 5.02. The fourth-order valence-electron chi connectivity index (χ4n) is 3.24. The van der Waals surface area contributed by atoms with Gasteiger partial charge in [0.1, 0.15) is 0 Å². The van der Waals surface area contributed by atoms with Crippen molar-refractivity contribution < 1.29 is 9.59 Å². The van der Waals surface area contributed by atoms with Gasteiger partial charge in [-0.1, -0.05) is 17.7 Å². The van der Waals surface area contributed by atoms with Gasteiger partial charge in [-0.15, -0.1) is 0 Å². The largest absolute Gasteiger partial charge is 0.342 e.